The molecule has 0 bridgehead atoms. The van der Waals surface area contributed by atoms with Crippen molar-refractivity contribution in [2.24, 2.45) is 5.73 Å². The minimum atomic E-state index is -0.419. The SMILES string of the molecule is COc1cc2c(c(CCN)c1F)OCCO2. The van der Waals surface area contributed by atoms with Crippen molar-refractivity contribution in [1.29, 1.82) is 0 Å². The van der Waals surface area contributed by atoms with Crippen molar-refractivity contribution < 1.29 is 18.6 Å². The van der Waals surface area contributed by atoms with E-state index in [1.54, 1.807) is 0 Å². The molecule has 1 aliphatic rings. The number of fused-ring (bicyclic) bond motifs is 1. The van der Waals surface area contributed by atoms with Crippen LogP contribution in [0, 0.1) is 5.82 Å². The molecule has 16 heavy (non-hydrogen) atoms. The predicted molar refractivity (Wildman–Crippen MR) is 56.7 cm³/mol. The average molecular weight is 227 g/mol. The first-order valence-corrected chi connectivity index (χ1v) is 5.13. The molecule has 0 saturated heterocycles. The summed E-state index contributed by atoms with van der Waals surface area (Å²) in [5.41, 5.74) is 5.88. The molecule has 2 rings (SSSR count). The summed E-state index contributed by atoms with van der Waals surface area (Å²) < 4.78 is 29.7. The van der Waals surface area contributed by atoms with Crippen LogP contribution in [0.4, 0.5) is 4.39 Å². The zero-order chi connectivity index (χ0) is 11.5. The molecule has 5 heteroatoms. The van der Waals surface area contributed by atoms with E-state index >= 15 is 0 Å². The minimum absolute atomic E-state index is 0.160. The molecule has 0 aliphatic carbocycles. The topological polar surface area (TPSA) is 53.7 Å². The molecular formula is C11H14FNO3. The van der Waals surface area contributed by atoms with E-state index in [0.29, 0.717) is 43.2 Å². The summed E-state index contributed by atoms with van der Waals surface area (Å²) in [6.45, 7) is 1.24. The van der Waals surface area contributed by atoms with Crippen LogP contribution in [0.3, 0.4) is 0 Å². The second kappa shape index (κ2) is 4.57. The number of hydrogen-bond acceptors (Lipinski definition) is 4. The number of halogens is 1. The van der Waals surface area contributed by atoms with Crippen molar-refractivity contribution in [1.82, 2.24) is 0 Å². The highest BCUT2D eigenvalue weighted by Gasteiger charge is 2.23. The van der Waals surface area contributed by atoms with E-state index < -0.39 is 5.82 Å². The van der Waals surface area contributed by atoms with Crippen molar-refractivity contribution >= 4 is 0 Å². The Labute approximate surface area is 93.1 Å². The van der Waals surface area contributed by atoms with Gasteiger partial charge >= 0.3 is 0 Å². The fourth-order valence-electron chi connectivity index (χ4n) is 1.72. The highest BCUT2D eigenvalue weighted by atomic mass is 19.1. The largest absolute Gasteiger partial charge is 0.494 e. The number of rotatable bonds is 3. The van der Waals surface area contributed by atoms with E-state index in [-0.39, 0.29) is 5.75 Å². The van der Waals surface area contributed by atoms with Gasteiger partial charge in [0.25, 0.3) is 0 Å². The van der Waals surface area contributed by atoms with Gasteiger partial charge in [0.1, 0.15) is 13.2 Å². The van der Waals surface area contributed by atoms with Gasteiger partial charge in [-0.25, -0.2) is 4.39 Å². The van der Waals surface area contributed by atoms with E-state index in [4.69, 9.17) is 19.9 Å². The lowest BCUT2D eigenvalue weighted by atomic mass is 10.1. The van der Waals surface area contributed by atoms with Crippen LogP contribution in [-0.4, -0.2) is 26.9 Å². The Kier molecular flexibility index (Phi) is 3.14. The predicted octanol–water partition coefficient (Wildman–Crippen LogP) is 1.11. The lowest BCUT2D eigenvalue weighted by molar-refractivity contribution is 0.167. The normalized spacial score (nSPS) is 13.7. The van der Waals surface area contributed by atoms with E-state index in [2.05, 4.69) is 0 Å². The second-order valence-corrected chi connectivity index (χ2v) is 3.43. The van der Waals surface area contributed by atoms with Gasteiger partial charge < -0.3 is 19.9 Å². The summed E-state index contributed by atoms with van der Waals surface area (Å²) >= 11 is 0. The molecule has 0 atom stereocenters. The first-order valence-electron chi connectivity index (χ1n) is 5.13. The fourth-order valence-corrected chi connectivity index (χ4v) is 1.72. The summed E-state index contributed by atoms with van der Waals surface area (Å²) in [6.07, 6.45) is 0.398. The molecule has 88 valence electrons. The Hall–Kier alpha value is -1.49. The third-order valence-electron chi connectivity index (χ3n) is 2.44. The highest BCUT2D eigenvalue weighted by Crippen LogP contribution is 2.40. The van der Waals surface area contributed by atoms with Crippen LogP contribution in [0.25, 0.3) is 0 Å². The van der Waals surface area contributed by atoms with Gasteiger partial charge in [0.15, 0.2) is 23.1 Å². The van der Waals surface area contributed by atoms with Crippen LogP contribution in [-0.2, 0) is 6.42 Å². The van der Waals surface area contributed by atoms with E-state index in [0.717, 1.165) is 0 Å². The zero-order valence-corrected chi connectivity index (χ0v) is 9.09. The maximum absolute atomic E-state index is 13.9. The van der Waals surface area contributed by atoms with Crippen LogP contribution in [0.2, 0.25) is 0 Å². The molecule has 1 aliphatic heterocycles. The molecule has 1 aromatic carbocycles. The van der Waals surface area contributed by atoms with Gasteiger partial charge in [-0.1, -0.05) is 0 Å². The van der Waals surface area contributed by atoms with E-state index in [1.165, 1.54) is 13.2 Å². The van der Waals surface area contributed by atoms with Gasteiger partial charge in [-0.05, 0) is 13.0 Å². The van der Waals surface area contributed by atoms with Gasteiger partial charge in [0.05, 0.1) is 7.11 Å². The molecule has 2 N–H and O–H groups in total. The third kappa shape index (κ3) is 1.78. The van der Waals surface area contributed by atoms with Crippen molar-refractivity contribution in [3.8, 4) is 17.2 Å². The Morgan fingerprint density at radius 3 is 2.88 bits per heavy atom. The molecule has 0 aromatic heterocycles. The van der Waals surface area contributed by atoms with Gasteiger partial charge in [0, 0.05) is 11.6 Å². The fraction of sp³-hybridized carbons (Fsp3) is 0.455. The Morgan fingerprint density at radius 1 is 1.44 bits per heavy atom. The van der Waals surface area contributed by atoms with E-state index in [1.807, 2.05) is 0 Å². The maximum Gasteiger partial charge on any atom is 0.172 e. The smallest absolute Gasteiger partial charge is 0.172 e. The van der Waals surface area contributed by atoms with Gasteiger partial charge in [-0.2, -0.15) is 0 Å². The van der Waals surface area contributed by atoms with Crippen molar-refractivity contribution in [2.45, 2.75) is 6.42 Å². The summed E-state index contributed by atoms with van der Waals surface area (Å²) in [6, 6.07) is 1.50. The Bertz CT molecular complexity index is 395. The molecule has 1 heterocycles. The summed E-state index contributed by atoms with van der Waals surface area (Å²) in [5.74, 6) is 0.716. The van der Waals surface area contributed by atoms with Crippen LogP contribution in [0.5, 0.6) is 17.2 Å². The number of ether oxygens (including phenoxy) is 3. The summed E-state index contributed by atoms with van der Waals surface area (Å²) in [7, 11) is 1.42. The van der Waals surface area contributed by atoms with Gasteiger partial charge in [-0.15, -0.1) is 0 Å². The first kappa shape index (κ1) is 11.0. The Balaban J connectivity index is 2.52. The lowest BCUT2D eigenvalue weighted by Crippen LogP contribution is -2.18. The molecule has 0 unspecified atom stereocenters. The monoisotopic (exact) mass is 227 g/mol. The highest BCUT2D eigenvalue weighted by molar-refractivity contribution is 5.53. The van der Waals surface area contributed by atoms with Crippen molar-refractivity contribution in [3.05, 3.63) is 17.4 Å². The minimum Gasteiger partial charge on any atom is -0.494 e. The van der Waals surface area contributed by atoms with Crippen LogP contribution >= 0.6 is 0 Å². The molecule has 0 radical (unpaired) electrons. The van der Waals surface area contributed by atoms with Crippen molar-refractivity contribution in [2.75, 3.05) is 26.9 Å². The quantitative estimate of drug-likeness (QED) is 0.840. The number of nitrogens with two attached hydrogens (primary N) is 1. The lowest BCUT2D eigenvalue weighted by Gasteiger charge is -2.22. The molecule has 4 nitrogen and oxygen atoms in total. The van der Waals surface area contributed by atoms with Crippen LogP contribution < -0.4 is 19.9 Å². The molecular weight excluding hydrogens is 213 g/mol. The first-order chi connectivity index (χ1) is 7.77. The van der Waals surface area contributed by atoms with Gasteiger partial charge in [-0.3, -0.25) is 0 Å². The summed E-state index contributed by atoms with van der Waals surface area (Å²) in [5, 5.41) is 0. The molecule has 0 saturated carbocycles. The van der Waals surface area contributed by atoms with E-state index in [9.17, 15) is 4.39 Å². The third-order valence-corrected chi connectivity index (χ3v) is 2.44. The Morgan fingerprint density at radius 2 is 2.19 bits per heavy atom. The maximum atomic E-state index is 13.9. The second-order valence-electron chi connectivity index (χ2n) is 3.43. The summed E-state index contributed by atoms with van der Waals surface area (Å²) in [4.78, 5) is 0. The molecule has 0 spiro atoms. The van der Waals surface area contributed by atoms with Gasteiger partial charge in [0.2, 0.25) is 0 Å². The molecule has 1 aromatic rings. The van der Waals surface area contributed by atoms with Crippen LogP contribution in [0.1, 0.15) is 5.56 Å². The number of methoxy groups -OCH3 is 1. The van der Waals surface area contributed by atoms with Crippen molar-refractivity contribution in [3.63, 3.8) is 0 Å². The van der Waals surface area contributed by atoms with Crippen LogP contribution in [0.15, 0.2) is 6.07 Å². The standard InChI is InChI=1S/C11H14FNO3/c1-14-8-6-9-11(16-5-4-15-9)7(2-3-13)10(8)12/h6H,2-5,13H2,1H3. The number of benzene rings is 1. The number of hydrogen-bond donors (Lipinski definition) is 1. The average Bonchev–Trinajstić information content (AvgIpc) is 2.32. The molecule has 0 fully saturated rings. The molecule has 0 amide bonds. The zero-order valence-electron chi connectivity index (χ0n) is 9.09.